The second-order valence-corrected chi connectivity index (χ2v) is 12.9. The Kier molecular flexibility index (Phi) is 8.48. The highest BCUT2D eigenvalue weighted by molar-refractivity contribution is 7.99. The molecule has 4 rings (SSSR count). The summed E-state index contributed by atoms with van der Waals surface area (Å²) in [7, 11) is 1.74. The molecule has 4 heteroatoms. The zero-order valence-electron chi connectivity index (χ0n) is 24.4. The van der Waals surface area contributed by atoms with Crippen molar-refractivity contribution in [2.75, 3.05) is 7.11 Å². The van der Waals surface area contributed by atoms with Gasteiger partial charge in [0.1, 0.15) is 22.8 Å². The molecule has 0 saturated carbocycles. The summed E-state index contributed by atoms with van der Waals surface area (Å²) in [6.07, 6.45) is 0. The normalized spacial score (nSPS) is 12.3. The maximum Gasteiger partial charge on any atom is 0.127 e. The number of benzene rings is 4. The van der Waals surface area contributed by atoms with Crippen LogP contribution in [0, 0.1) is 0 Å². The van der Waals surface area contributed by atoms with Gasteiger partial charge in [-0.25, -0.2) is 0 Å². The van der Waals surface area contributed by atoms with Crippen LogP contribution in [0.3, 0.4) is 0 Å². The molecule has 0 N–H and O–H groups in total. The number of hydrogen-bond acceptors (Lipinski definition) is 4. The molecule has 0 unspecified atom stereocenters. The Hall–Kier alpha value is -3.21. The van der Waals surface area contributed by atoms with Crippen molar-refractivity contribution in [1.29, 1.82) is 0 Å². The number of methoxy groups -OCH3 is 1. The van der Waals surface area contributed by atoms with Crippen LogP contribution in [0.2, 0.25) is 0 Å². The van der Waals surface area contributed by atoms with Crippen molar-refractivity contribution in [2.45, 2.75) is 74.9 Å². The van der Waals surface area contributed by atoms with Gasteiger partial charge in [0, 0.05) is 22.3 Å². The lowest BCUT2D eigenvalue weighted by atomic mass is 9.78. The molecule has 0 aliphatic heterocycles. The summed E-state index contributed by atoms with van der Waals surface area (Å²) in [4.78, 5) is 2.35. The van der Waals surface area contributed by atoms with Crippen LogP contribution in [-0.4, -0.2) is 12.7 Å². The highest BCUT2D eigenvalue weighted by Gasteiger charge is 2.24. The molecular formula is C35H40O3S. The topological polar surface area (TPSA) is 27.7 Å². The lowest BCUT2D eigenvalue weighted by molar-refractivity contribution is 0.0192. The van der Waals surface area contributed by atoms with Gasteiger partial charge in [-0.1, -0.05) is 62.0 Å². The zero-order valence-corrected chi connectivity index (χ0v) is 25.2. The van der Waals surface area contributed by atoms with Gasteiger partial charge in [0.2, 0.25) is 0 Å². The van der Waals surface area contributed by atoms with Crippen LogP contribution in [0.25, 0.3) is 0 Å². The summed E-state index contributed by atoms with van der Waals surface area (Å²) in [6.45, 7) is 14.8. The monoisotopic (exact) mass is 540 g/mol. The lowest BCUT2D eigenvalue weighted by Gasteiger charge is -2.27. The molecule has 39 heavy (non-hydrogen) atoms. The summed E-state index contributed by atoms with van der Waals surface area (Å²) in [5, 5.41) is 0. The molecule has 0 saturated heterocycles. The van der Waals surface area contributed by atoms with Gasteiger partial charge in [0.05, 0.1) is 5.60 Å². The predicted molar refractivity (Wildman–Crippen MR) is 163 cm³/mol. The van der Waals surface area contributed by atoms with E-state index in [1.165, 1.54) is 16.0 Å². The predicted octanol–water partition coefficient (Wildman–Crippen LogP) is 10.0. The fourth-order valence-corrected chi connectivity index (χ4v) is 5.11. The Morgan fingerprint density at radius 1 is 0.487 bits per heavy atom. The van der Waals surface area contributed by atoms with Crippen molar-refractivity contribution in [3.05, 3.63) is 114 Å². The van der Waals surface area contributed by atoms with Crippen LogP contribution in [0.4, 0.5) is 0 Å². The van der Waals surface area contributed by atoms with E-state index >= 15 is 0 Å². The van der Waals surface area contributed by atoms with Crippen LogP contribution < -0.4 is 9.47 Å². The highest BCUT2D eigenvalue weighted by atomic mass is 32.2. The molecule has 4 aromatic rings. The van der Waals surface area contributed by atoms with E-state index in [-0.39, 0.29) is 16.6 Å². The highest BCUT2D eigenvalue weighted by Crippen LogP contribution is 2.35. The molecule has 0 aliphatic carbocycles. The maximum atomic E-state index is 6.14. The Labute approximate surface area is 238 Å². The average Bonchev–Trinajstić information content (AvgIpc) is 2.90. The Bertz CT molecular complexity index is 1350. The third-order valence-corrected chi connectivity index (χ3v) is 7.95. The van der Waals surface area contributed by atoms with E-state index < -0.39 is 0 Å². The molecule has 204 valence electrons. The minimum absolute atomic E-state index is 0.144. The third kappa shape index (κ3) is 7.46. The zero-order chi connectivity index (χ0) is 28.3. The Morgan fingerprint density at radius 3 is 1.31 bits per heavy atom. The number of rotatable bonds is 9. The van der Waals surface area contributed by atoms with E-state index in [1.807, 2.05) is 24.3 Å². The summed E-state index contributed by atoms with van der Waals surface area (Å²) in [6, 6.07) is 33.6. The fraction of sp³-hybridized carbons (Fsp3) is 0.314. The SMILES string of the molecule is COC(C)(C)c1ccc(Sc2ccc(Oc3ccc(C(C)(C)c4ccc(OC(C)(C)C)cc4)cc3)cc2)cc1. The molecule has 0 aliphatic rings. The summed E-state index contributed by atoms with van der Waals surface area (Å²) in [5.41, 5.74) is 2.99. The number of hydrogen-bond donors (Lipinski definition) is 0. The van der Waals surface area contributed by atoms with E-state index in [4.69, 9.17) is 14.2 Å². The summed E-state index contributed by atoms with van der Waals surface area (Å²) in [5.74, 6) is 2.53. The molecule has 0 radical (unpaired) electrons. The van der Waals surface area contributed by atoms with Gasteiger partial charge in [-0.15, -0.1) is 0 Å². The first-order valence-corrected chi connectivity index (χ1v) is 14.2. The van der Waals surface area contributed by atoms with Crippen LogP contribution in [-0.2, 0) is 15.8 Å². The quantitative estimate of drug-likeness (QED) is 0.211. The summed E-state index contributed by atoms with van der Waals surface area (Å²) < 4.78 is 17.7. The van der Waals surface area contributed by atoms with Crippen molar-refractivity contribution in [3.63, 3.8) is 0 Å². The lowest BCUT2D eigenvalue weighted by Crippen LogP contribution is -2.23. The van der Waals surface area contributed by atoms with E-state index in [9.17, 15) is 0 Å². The van der Waals surface area contributed by atoms with E-state index in [1.54, 1.807) is 18.9 Å². The van der Waals surface area contributed by atoms with Gasteiger partial charge in [-0.3, -0.25) is 0 Å². The molecule has 4 aromatic carbocycles. The summed E-state index contributed by atoms with van der Waals surface area (Å²) >= 11 is 1.73. The maximum absolute atomic E-state index is 6.14. The van der Waals surface area contributed by atoms with Gasteiger partial charge in [-0.2, -0.15) is 0 Å². The Balaban J connectivity index is 1.38. The van der Waals surface area contributed by atoms with Crippen LogP contribution >= 0.6 is 11.8 Å². The van der Waals surface area contributed by atoms with Gasteiger partial charge >= 0.3 is 0 Å². The smallest absolute Gasteiger partial charge is 0.127 e. The standard InChI is InChI=1S/C35H40O3S/c1-33(2,3)38-30-17-11-26(12-18-30)34(4,5)25-9-15-28(16-10-25)37-29-19-23-32(24-20-29)39-31-21-13-27(14-22-31)35(6,7)36-8/h9-24H,1-8H3. The van der Waals surface area contributed by atoms with Crippen molar-refractivity contribution in [3.8, 4) is 17.2 Å². The molecule has 0 bridgehead atoms. The van der Waals surface area contributed by atoms with Gasteiger partial charge in [-0.05, 0) is 112 Å². The first-order chi connectivity index (χ1) is 18.4. The minimum atomic E-state index is -0.289. The van der Waals surface area contributed by atoms with Crippen molar-refractivity contribution < 1.29 is 14.2 Å². The van der Waals surface area contributed by atoms with E-state index in [0.29, 0.717) is 0 Å². The molecular weight excluding hydrogens is 500 g/mol. The molecule has 3 nitrogen and oxygen atoms in total. The van der Waals surface area contributed by atoms with Crippen LogP contribution in [0.5, 0.6) is 17.2 Å². The van der Waals surface area contributed by atoms with Crippen LogP contribution in [0.1, 0.15) is 65.2 Å². The van der Waals surface area contributed by atoms with E-state index in [0.717, 1.165) is 27.7 Å². The average molecular weight is 541 g/mol. The molecule has 0 atom stereocenters. The molecule has 0 aromatic heterocycles. The number of ether oxygens (including phenoxy) is 3. The molecule has 0 fully saturated rings. The van der Waals surface area contributed by atoms with Gasteiger partial charge in [0.15, 0.2) is 0 Å². The second kappa shape index (κ2) is 11.5. The fourth-order valence-electron chi connectivity index (χ4n) is 4.29. The van der Waals surface area contributed by atoms with Crippen molar-refractivity contribution in [2.24, 2.45) is 0 Å². The van der Waals surface area contributed by atoms with Crippen LogP contribution in [0.15, 0.2) is 107 Å². The molecule has 0 spiro atoms. The van der Waals surface area contributed by atoms with Crippen molar-refractivity contribution >= 4 is 11.8 Å². The van der Waals surface area contributed by atoms with E-state index in [2.05, 4.69) is 121 Å². The first-order valence-electron chi connectivity index (χ1n) is 13.4. The third-order valence-electron chi connectivity index (χ3n) is 6.93. The second-order valence-electron chi connectivity index (χ2n) is 11.8. The molecule has 0 amide bonds. The molecule has 0 heterocycles. The van der Waals surface area contributed by atoms with Crippen molar-refractivity contribution in [1.82, 2.24) is 0 Å². The van der Waals surface area contributed by atoms with Gasteiger partial charge < -0.3 is 14.2 Å². The largest absolute Gasteiger partial charge is 0.488 e. The minimum Gasteiger partial charge on any atom is -0.488 e. The van der Waals surface area contributed by atoms with Gasteiger partial charge in [0.25, 0.3) is 0 Å². The first kappa shape index (κ1) is 28.8. The Morgan fingerprint density at radius 2 is 0.872 bits per heavy atom.